The Morgan fingerprint density at radius 2 is 2.04 bits per heavy atom. The molecule has 4 rings (SSSR count). The number of hydrogen-bond acceptors (Lipinski definition) is 4. The van der Waals surface area contributed by atoms with Gasteiger partial charge in [-0.3, -0.25) is 4.79 Å². The monoisotopic (exact) mass is 349 g/mol. The maximum Gasteiger partial charge on any atom is 0.341 e. The molecule has 0 spiro atoms. The molecule has 1 aliphatic carbocycles. The summed E-state index contributed by atoms with van der Waals surface area (Å²) in [5.41, 5.74) is 3.11. The molecule has 6 nitrogen and oxygen atoms in total. The van der Waals surface area contributed by atoms with E-state index in [-0.39, 0.29) is 11.6 Å². The summed E-state index contributed by atoms with van der Waals surface area (Å²) in [6.45, 7) is 1.99. The van der Waals surface area contributed by atoms with Gasteiger partial charge in [-0.1, -0.05) is 6.07 Å². The number of fused-ring (bicyclic) bond motifs is 1. The normalized spacial score (nSPS) is 13.8. The minimum atomic E-state index is -1.18. The molecule has 2 heterocycles. The van der Waals surface area contributed by atoms with Crippen LogP contribution in [0.2, 0.25) is 0 Å². The first-order valence-corrected chi connectivity index (χ1v) is 8.56. The molecule has 0 saturated heterocycles. The van der Waals surface area contributed by atoms with Crippen molar-refractivity contribution in [2.75, 3.05) is 12.4 Å². The van der Waals surface area contributed by atoms with E-state index in [1.165, 1.54) is 6.20 Å². The number of carbonyl (C=O) groups is 1. The molecule has 1 fully saturated rings. The van der Waals surface area contributed by atoms with Crippen molar-refractivity contribution in [2.24, 2.45) is 0 Å². The van der Waals surface area contributed by atoms with E-state index in [0.717, 1.165) is 40.9 Å². The molecular formula is C20H19N3O3. The van der Waals surface area contributed by atoms with Gasteiger partial charge in [-0.2, -0.15) is 0 Å². The van der Waals surface area contributed by atoms with Crippen molar-refractivity contribution < 1.29 is 9.90 Å². The lowest BCUT2D eigenvalue weighted by molar-refractivity contribution is 0.0695. The van der Waals surface area contributed by atoms with E-state index in [2.05, 4.69) is 10.3 Å². The number of carboxylic acids is 1. The van der Waals surface area contributed by atoms with E-state index in [4.69, 9.17) is 0 Å². The molecule has 0 aliphatic heterocycles. The number of pyridine rings is 2. The van der Waals surface area contributed by atoms with Crippen LogP contribution in [0.25, 0.3) is 22.0 Å². The average molecular weight is 349 g/mol. The smallest absolute Gasteiger partial charge is 0.341 e. The molecule has 2 aromatic heterocycles. The lowest BCUT2D eigenvalue weighted by atomic mass is 10.0. The van der Waals surface area contributed by atoms with Crippen LogP contribution in [-0.4, -0.2) is 27.7 Å². The Bertz CT molecular complexity index is 1100. The van der Waals surface area contributed by atoms with Gasteiger partial charge in [0.25, 0.3) is 0 Å². The summed E-state index contributed by atoms with van der Waals surface area (Å²) < 4.78 is 1.94. The second-order valence-corrected chi connectivity index (χ2v) is 6.69. The Hall–Kier alpha value is -3.15. The lowest BCUT2D eigenvalue weighted by Crippen LogP contribution is -2.18. The molecule has 26 heavy (non-hydrogen) atoms. The molecule has 0 radical (unpaired) electrons. The van der Waals surface area contributed by atoms with Crippen LogP contribution in [0.3, 0.4) is 0 Å². The predicted molar refractivity (Wildman–Crippen MR) is 101 cm³/mol. The van der Waals surface area contributed by atoms with E-state index in [9.17, 15) is 14.7 Å². The van der Waals surface area contributed by atoms with Crippen LogP contribution in [0.15, 0.2) is 41.5 Å². The van der Waals surface area contributed by atoms with Gasteiger partial charge in [0.05, 0.1) is 5.52 Å². The van der Waals surface area contributed by atoms with Crippen molar-refractivity contribution in [3.63, 3.8) is 0 Å². The quantitative estimate of drug-likeness (QED) is 0.754. The maximum absolute atomic E-state index is 12.5. The number of rotatable bonds is 4. The molecule has 0 unspecified atom stereocenters. The van der Waals surface area contributed by atoms with Crippen LogP contribution in [0.5, 0.6) is 0 Å². The standard InChI is InChI=1S/C20H19N3O3/c1-11-7-13(9-22-19(11)21-2)12-3-6-15-17(8-12)23(14-4-5-14)10-16(18(15)24)20(25)26/h3,6-10,14H,4-5H2,1-2H3,(H,21,22)(H,25,26). The third kappa shape index (κ3) is 2.63. The molecule has 1 aliphatic rings. The number of aromatic nitrogens is 2. The fraction of sp³-hybridized carbons (Fsp3) is 0.250. The molecule has 0 bridgehead atoms. The van der Waals surface area contributed by atoms with Crippen molar-refractivity contribution >= 4 is 22.7 Å². The molecule has 132 valence electrons. The summed E-state index contributed by atoms with van der Waals surface area (Å²) in [6.07, 6.45) is 5.28. The molecule has 1 saturated carbocycles. The Labute approximate surface area is 150 Å². The fourth-order valence-electron chi connectivity index (χ4n) is 3.33. The van der Waals surface area contributed by atoms with Crippen molar-refractivity contribution in [3.8, 4) is 11.1 Å². The summed E-state index contributed by atoms with van der Waals surface area (Å²) in [4.78, 5) is 28.4. The number of hydrogen-bond donors (Lipinski definition) is 2. The minimum absolute atomic E-state index is 0.173. The van der Waals surface area contributed by atoms with Gasteiger partial charge in [0.2, 0.25) is 5.43 Å². The zero-order valence-corrected chi connectivity index (χ0v) is 14.6. The number of aryl methyl sites for hydroxylation is 1. The van der Waals surface area contributed by atoms with E-state index in [0.29, 0.717) is 5.39 Å². The van der Waals surface area contributed by atoms with Gasteiger partial charge >= 0.3 is 5.97 Å². The van der Waals surface area contributed by atoms with Gasteiger partial charge in [-0.05, 0) is 49.1 Å². The van der Waals surface area contributed by atoms with Crippen molar-refractivity contribution in [3.05, 3.63) is 58.0 Å². The van der Waals surface area contributed by atoms with Gasteiger partial charge < -0.3 is 15.0 Å². The summed E-state index contributed by atoms with van der Waals surface area (Å²) in [7, 11) is 1.83. The second kappa shape index (κ2) is 5.98. The van der Waals surface area contributed by atoms with E-state index < -0.39 is 11.4 Å². The topological polar surface area (TPSA) is 84.2 Å². The Kier molecular flexibility index (Phi) is 3.76. The zero-order chi connectivity index (χ0) is 18.4. The highest BCUT2D eigenvalue weighted by atomic mass is 16.4. The first-order valence-electron chi connectivity index (χ1n) is 8.56. The summed E-state index contributed by atoms with van der Waals surface area (Å²) in [6, 6.07) is 7.83. The first kappa shape index (κ1) is 16.3. The number of benzene rings is 1. The number of anilines is 1. The molecular weight excluding hydrogens is 330 g/mol. The van der Waals surface area contributed by atoms with Crippen LogP contribution in [-0.2, 0) is 0 Å². The molecule has 1 aromatic carbocycles. The Balaban J connectivity index is 1.93. The van der Waals surface area contributed by atoms with Crippen molar-refractivity contribution in [2.45, 2.75) is 25.8 Å². The molecule has 0 atom stereocenters. The third-order valence-corrected chi connectivity index (χ3v) is 4.85. The second-order valence-electron chi connectivity index (χ2n) is 6.69. The van der Waals surface area contributed by atoms with Crippen LogP contribution in [0, 0.1) is 6.92 Å². The Morgan fingerprint density at radius 1 is 1.27 bits per heavy atom. The predicted octanol–water partition coefficient (Wildman–Crippen LogP) is 3.45. The van der Waals surface area contributed by atoms with E-state index in [1.54, 1.807) is 12.3 Å². The zero-order valence-electron chi connectivity index (χ0n) is 14.6. The van der Waals surface area contributed by atoms with E-state index >= 15 is 0 Å². The highest BCUT2D eigenvalue weighted by Gasteiger charge is 2.26. The summed E-state index contributed by atoms with van der Waals surface area (Å²) in [5.74, 6) is -0.353. The minimum Gasteiger partial charge on any atom is -0.477 e. The van der Waals surface area contributed by atoms with Gasteiger partial charge in [-0.25, -0.2) is 9.78 Å². The first-order chi connectivity index (χ1) is 12.5. The SMILES string of the molecule is CNc1ncc(-c2ccc3c(=O)c(C(=O)O)cn(C4CC4)c3c2)cc1C. The van der Waals surface area contributed by atoms with Gasteiger partial charge in [0.1, 0.15) is 11.4 Å². The molecule has 2 N–H and O–H groups in total. The van der Waals surface area contributed by atoms with Gasteiger partial charge in [-0.15, -0.1) is 0 Å². The fourth-order valence-corrected chi connectivity index (χ4v) is 3.33. The number of nitrogens with one attached hydrogen (secondary N) is 1. The van der Waals surface area contributed by atoms with Crippen LogP contribution < -0.4 is 10.7 Å². The molecule has 3 aromatic rings. The van der Waals surface area contributed by atoms with Crippen LogP contribution in [0.1, 0.15) is 34.8 Å². The highest BCUT2D eigenvalue weighted by molar-refractivity contribution is 5.94. The van der Waals surface area contributed by atoms with Gasteiger partial charge in [0.15, 0.2) is 0 Å². The largest absolute Gasteiger partial charge is 0.477 e. The van der Waals surface area contributed by atoms with Gasteiger partial charge in [0, 0.05) is 36.4 Å². The van der Waals surface area contributed by atoms with E-state index in [1.807, 2.05) is 36.7 Å². The lowest BCUT2D eigenvalue weighted by Gasteiger charge is -2.13. The maximum atomic E-state index is 12.5. The van der Waals surface area contributed by atoms with Crippen molar-refractivity contribution in [1.82, 2.24) is 9.55 Å². The molecule has 6 heteroatoms. The highest BCUT2D eigenvalue weighted by Crippen LogP contribution is 2.37. The Morgan fingerprint density at radius 3 is 2.65 bits per heavy atom. The molecule has 0 amide bonds. The average Bonchev–Trinajstić information content (AvgIpc) is 3.46. The number of nitrogens with zero attached hydrogens (tertiary/aromatic N) is 2. The summed E-state index contributed by atoms with van der Waals surface area (Å²) in [5, 5.41) is 12.8. The van der Waals surface area contributed by atoms with Crippen LogP contribution >= 0.6 is 0 Å². The number of carboxylic acid groups (broad SMARTS) is 1. The van der Waals surface area contributed by atoms with Crippen LogP contribution in [0.4, 0.5) is 5.82 Å². The summed E-state index contributed by atoms with van der Waals surface area (Å²) >= 11 is 0. The number of aromatic carboxylic acids is 1. The third-order valence-electron chi connectivity index (χ3n) is 4.85. The van der Waals surface area contributed by atoms with Crippen molar-refractivity contribution in [1.29, 1.82) is 0 Å².